The number of hydrogen-bond acceptors (Lipinski definition) is 3. The van der Waals surface area contributed by atoms with E-state index in [1.807, 2.05) is 0 Å². The van der Waals surface area contributed by atoms with E-state index in [9.17, 15) is 10.2 Å². The first-order valence-electron chi connectivity index (χ1n) is 5.13. The van der Waals surface area contributed by atoms with Gasteiger partial charge in [-0.15, -0.1) is 0 Å². The molecule has 1 fully saturated rings. The Balaban J connectivity index is 2.21. The molecule has 1 saturated carbocycles. The molecule has 13 heavy (non-hydrogen) atoms. The number of aliphatic hydroxyl groups is 3. The highest BCUT2D eigenvalue weighted by molar-refractivity contribution is 4.79. The van der Waals surface area contributed by atoms with Crippen molar-refractivity contribution in [2.24, 2.45) is 5.92 Å². The van der Waals surface area contributed by atoms with Crippen molar-refractivity contribution in [3.8, 4) is 0 Å². The first-order chi connectivity index (χ1) is 6.09. The largest absolute Gasteiger partial charge is 0.393 e. The fourth-order valence-electron chi connectivity index (χ4n) is 1.95. The lowest BCUT2D eigenvalue weighted by atomic mass is 9.82. The second-order valence-corrected chi connectivity index (χ2v) is 4.24. The van der Waals surface area contributed by atoms with Crippen molar-refractivity contribution < 1.29 is 15.3 Å². The van der Waals surface area contributed by atoms with Crippen LogP contribution in [0.3, 0.4) is 0 Å². The van der Waals surface area contributed by atoms with Crippen LogP contribution < -0.4 is 0 Å². The Morgan fingerprint density at radius 1 is 1.23 bits per heavy atom. The maximum absolute atomic E-state index is 9.40. The van der Waals surface area contributed by atoms with E-state index in [2.05, 4.69) is 0 Å². The van der Waals surface area contributed by atoms with Crippen molar-refractivity contribution in [2.75, 3.05) is 0 Å². The van der Waals surface area contributed by atoms with Crippen molar-refractivity contribution in [2.45, 2.75) is 57.3 Å². The highest BCUT2D eigenvalue weighted by atomic mass is 16.3. The van der Waals surface area contributed by atoms with Gasteiger partial charge in [-0.2, -0.15) is 0 Å². The average molecular weight is 188 g/mol. The van der Waals surface area contributed by atoms with Gasteiger partial charge in [0.1, 0.15) is 0 Å². The first kappa shape index (κ1) is 11.0. The van der Waals surface area contributed by atoms with E-state index < -0.39 is 12.2 Å². The van der Waals surface area contributed by atoms with Crippen LogP contribution >= 0.6 is 0 Å². The Kier molecular flexibility index (Phi) is 4.16. The van der Waals surface area contributed by atoms with Crippen LogP contribution in [0, 0.1) is 5.92 Å². The second-order valence-electron chi connectivity index (χ2n) is 4.24. The third kappa shape index (κ3) is 3.63. The SMILES string of the molecule is CC(O)CCC1CCC(O)C(O)C1. The lowest BCUT2D eigenvalue weighted by Crippen LogP contribution is -2.33. The van der Waals surface area contributed by atoms with Crippen LogP contribution in [0.1, 0.15) is 39.0 Å². The molecular weight excluding hydrogens is 168 g/mol. The summed E-state index contributed by atoms with van der Waals surface area (Å²) in [5.41, 5.74) is 0. The molecular formula is C10H20O3. The molecule has 0 aromatic heterocycles. The van der Waals surface area contributed by atoms with E-state index in [0.717, 1.165) is 19.3 Å². The maximum Gasteiger partial charge on any atom is 0.0801 e. The number of rotatable bonds is 3. The summed E-state index contributed by atoms with van der Waals surface area (Å²) in [5.74, 6) is 0.480. The minimum absolute atomic E-state index is 0.246. The third-order valence-corrected chi connectivity index (χ3v) is 2.88. The normalized spacial score (nSPS) is 37.4. The third-order valence-electron chi connectivity index (χ3n) is 2.88. The Hall–Kier alpha value is -0.120. The Labute approximate surface area is 79.4 Å². The average Bonchev–Trinajstić information content (AvgIpc) is 2.07. The molecule has 1 aliphatic rings. The van der Waals surface area contributed by atoms with E-state index in [-0.39, 0.29) is 6.10 Å². The summed E-state index contributed by atoms with van der Waals surface area (Å²) in [7, 11) is 0. The summed E-state index contributed by atoms with van der Waals surface area (Å²) in [6.45, 7) is 1.79. The topological polar surface area (TPSA) is 60.7 Å². The zero-order valence-electron chi connectivity index (χ0n) is 8.19. The molecule has 3 heteroatoms. The van der Waals surface area contributed by atoms with E-state index in [4.69, 9.17) is 5.11 Å². The number of aliphatic hydroxyl groups excluding tert-OH is 3. The van der Waals surface area contributed by atoms with Gasteiger partial charge in [0.2, 0.25) is 0 Å². The number of hydrogen-bond donors (Lipinski definition) is 3. The molecule has 0 spiro atoms. The first-order valence-corrected chi connectivity index (χ1v) is 5.13. The molecule has 4 unspecified atom stereocenters. The van der Waals surface area contributed by atoms with Crippen LogP contribution in [0.2, 0.25) is 0 Å². The Bertz CT molecular complexity index is 147. The van der Waals surface area contributed by atoms with E-state index >= 15 is 0 Å². The minimum atomic E-state index is -0.548. The molecule has 3 N–H and O–H groups in total. The van der Waals surface area contributed by atoms with Crippen molar-refractivity contribution in [3.05, 3.63) is 0 Å². The standard InChI is InChI=1S/C10H20O3/c1-7(11)2-3-8-4-5-9(12)10(13)6-8/h7-13H,2-6H2,1H3. The molecule has 1 rings (SSSR count). The van der Waals surface area contributed by atoms with Gasteiger partial charge < -0.3 is 15.3 Å². The van der Waals surface area contributed by atoms with Gasteiger partial charge in [0, 0.05) is 0 Å². The zero-order valence-corrected chi connectivity index (χ0v) is 8.19. The molecule has 1 aliphatic carbocycles. The van der Waals surface area contributed by atoms with Gasteiger partial charge in [0.15, 0.2) is 0 Å². The highest BCUT2D eigenvalue weighted by Crippen LogP contribution is 2.28. The van der Waals surface area contributed by atoms with E-state index in [0.29, 0.717) is 18.8 Å². The molecule has 0 radical (unpaired) electrons. The van der Waals surface area contributed by atoms with Crippen molar-refractivity contribution in [1.29, 1.82) is 0 Å². The van der Waals surface area contributed by atoms with Gasteiger partial charge >= 0.3 is 0 Å². The van der Waals surface area contributed by atoms with Crippen LogP contribution in [0.25, 0.3) is 0 Å². The molecule has 0 amide bonds. The Morgan fingerprint density at radius 3 is 2.46 bits per heavy atom. The highest BCUT2D eigenvalue weighted by Gasteiger charge is 2.27. The fraction of sp³-hybridized carbons (Fsp3) is 1.00. The molecule has 0 bridgehead atoms. The van der Waals surface area contributed by atoms with Gasteiger partial charge in [0.05, 0.1) is 18.3 Å². The maximum atomic E-state index is 9.40. The fourth-order valence-corrected chi connectivity index (χ4v) is 1.95. The molecule has 3 nitrogen and oxygen atoms in total. The Morgan fingerprint density at radius 2 is 1.92 bits per heavy atom. The molecule has 0 aromatic carbocycles. The molecule has 0 heterocycles. The smallest absolute Gasteiger partial charge is 0.0801 e. The zero-order chi connectivity index (χ0) is 9.84. The van der Waals surface area contributed by atoms with Crippen LogP contribution in [0.5, 0.6) is 0 Å². The van der Waals surface area contributed by atoms with E-state index in [1.165, 1.54) is 0 Å². The molecule has 0 aromatic rings. The summed E-state index contributed by atoms with van der Waals surface area (Å²) < 4.78 is 0. The van der Waals surface area contributed by atoms with Crippen LogP contribution in [-0.4, -0.2) is 33.6 Å². The van der Waals surface area contributed by atoms with Crippen molar-refractivity contribution in [1.82, 2.24) is 0 Å². The van der Waals surface area contributed by atoms with E-state index in [1.54, 1.807) is 6.92 Å². The van der Waals surface area contributed by atoms with Crippen molar-refractivity contribution in [3.63, 3.8) is 0 Å². The molecule has 4 atom stereocenters. The summed E-state index contributed by atoms with van der Waals surface area (Å²) in [5, 5.41) is 27.8. The van der Waals surface area contributed by atoms with Gasteiger partial charge in [-0.25, -0.2) is 0 Å². The predicted molar refractivity (Wildman–Crippen MR) is 50.3 cm³/mol. The van der Waals surface area contributed by atoms with Crippen LogP contribution in [-0.2, 0) is 0 Å². The quantitative estimate of drug-likeness (QED) is 0.610. The molecule has 78 valence electrons. The van der Waals surface area contributed by atoms with Gasteiger partial charge in [-0.3, -0.25) is 0 Å². The van der Waals surface area contributed by atoms with Crippen LogP contribution in [0.15, 0.2) is 0 Å². The van der Waals surface area contributed by atoms with Gasteiger partial charge in [-0.05, 0) is 44.9 Å². The molecule has 0 saturated heterocycles. The summed E-state index contributed by atoms with van der Waals surface area (Å²) in [6.07, 6.45) is 2.80. The lowest BCUT2D eigenvalue weighted by Gasteiger charge is -2.30. The van der Waals surface area contributed by atoms with Crippen molar-refractivity contribution >= 4 is 0 Å². The summed E-state index contributed by atoms with van der Waals surface area (Å²) >= 11 is 0. The monoisotopic (exact) mass is 188 g/mol. The van der Waals surface area contributed by atoms with Crippen LogP contribution in [0.4, 0.5) is 0 Å². The predicted octanol–water partition coefficient (Wildman–Crippen LogP) is 0.669. The second kappa shape index (κ2) is 4.94. The summed E-state index contributed by atoms with van der Waals surface area (Å²) in [4.78, 5) is 0. The van der Waals surface area contributed by atoms with Gasteiger partial charge in [0.25, 0.3) is 0 Å². The minimum Gasteiger partial charge on any atom is -0.393 e. The molecule has 0 aliphatic heterocycles. The lowest BCUT2D eigenvalue weighted by molar-refractivity contribution is -0.0279. The summed E-state index contributed by atoms with van der Waals surface area (Å²) in [6, 6.07) is 0. The van der Waals surface area contributed by atoms with Gasteiger partial charge in [-0.1, -0.05) is 0 Å².